The van der Waals surface area contributed by atoms with Gasteiger partial charge in [0.05, 0.1) is 0 Å². The molecule has 290 valence electrons. The normalized spacial score (nSPS) is 12.7. The first-order chi connectivity index (χ1) is 24.6. The quantitative estimate of drug-likeness (QED) is 0.0394. The molecule has 1 unspecified atom stereocenters. The molecule has 0 aromatic rings. The zero-order valence-corrected chi connectivity index (χ0v) is 33.2. The number of esters is 1. The number of carboxylic acids is 1. The number of carbonyl (C=O) groups is 2. The van der Waals surface area contributed by atoms with E-state index in [1.807, 2.05) is 0 Å². The van der Waals surface area contributed by atoms with Crippen LogP contribution >= 0.6 is 0 Å². The molecule has 0 aromatic carbocycles. The van der Waals surface area contributed by atoms with E-state index in [2.05, 4.69) is 62.5 Å². The smallest absolute Gasteiger partial charge is 0.306 e. The highest BCUT2D eigenvalue weighted by Gasteiger charge is 2.14. The van der Waals surface area contributed by atoms with Crippen molar-refractivity contribution in [3.63, 3.8) is 0 Å². The minimum absolute atomic E-state index is 0.0212. The predicted molar refractivity (Wildman–Crippen MR) is 218 cm³/mol. The number of unbranched alkanes of at least 4 members (excludes halogenated alkanes) is 22. The van der Waals surface area contributed by atoms with Crippen LogP contribution < -0.4 is 0 Å². The molecule has 0 spiro atoms. The van der Waals surface area contributed by atoms with E-state index in [0.29, 0.717) is 12.8 Å². The number of hydrogen-bond acceptors (Lipinski definition) is 3. The van der Waals surface area contributed by atoms with Crippen LogP contribution in [-0.2, 0) is 14.3 Å². The van der Waals surface area contributed by atoms with E-state index in [0.717, 1.165) is 70.6 Å². The third kappa shape index (κ3) is 40.3. The summed E-state index contributed by atoms with van der Waals surface area (Å²) < 4.78 is 5.98. The van der Waals surface area contributed by atoms with Crippen molar-refractivity contribution < 1.29 is 19.4 Å². The van der Waals surface area contributed by atoms with E-state index >= 15 is 0 Å². The Hall–Kier alpha value is -2.10. The van der Waals surface area contributed by atoms with Crippen molar-refractivity contribution in [3.05, 3.63) is 48.6 Å². The maximum absolute atomic E-state index is 12.6. The fourth-order valence-corrected chi connectivity index (χ4v) is 6.34. The third-order valence-corrected chi connectivity index (χ3v) is 9.55. The van der Waals surface area contributed by atoms with Crippen molar-refractivity contribution in [3.8, 4) is 0 Å². The summed E-state index contributed by atoms with van der Waals surface area (Å²) >= 11 is 0. The molecule has 0 saturated carbocycles. The topological polar surface area (TPSA) is 63.6 Å². The summed E-state index contributed by atoms with van der Waals surface area (Å²) in [6.45, 7) is 4.48. The number of carbonyl (C=O) groups excluding carboxylic acids is 1. The number of aliphatic carboxylic acids is 1. The second-order valence-corrected chi connectivity index (χ2v) is 14.5. The monoisotopic (exact) mass is 699 g/mol. The van der Waals surface area contributed by atoms with Gasteiger partial charge in [0.2, 0.25) is 0 Å². The van der Waals surface area contributed by atoms with Crippen LogP contribution in [0.15, 0.2) is 48.6 Å². The molecule has 1 atom stereocenters. The Morgan fingerprint density at radius 1 is 0.440 bits per heavy atom. The molecule has 0 aliphatic carbocycles. The minimum atomic E-state index is -0.669. The maximum atomic E-state index is 12.6. The molecule has 4 nitrogen and oxygen atoms in total. The van der Waals surface area contributed by atoms with Crippen LogP contribution in [0.1, 0.15) is 226 Å². The molecule has 0 aromatic heterocycles. The average Bonchev–Trinajstić information content (AvgIpc) is 3.10. The molecule has 0 aliphatic heterocycles. The summed E-state index contributed by atoms with van der Waals surface area (Å²) in [6, 6.07) is 0. The number of carboxylic acid groups (broad SMARTS) is 1. The van der Waals surface area contributed by atoms with Crippen LogP contribution in [0.5, 0.6) is 0 Å². The fraction of sp³-hybridized carbons (Fsp3) is 0.783. The number of hydrogen-bond donors (Lipinski definition) is 1. The van der Waals surface area contributed by atoms with E-state index < -0.39 is 5.97 Å². The van der Waals surface area contributed by atoms with E-state index in [1.165, 1.54) is 128 Å². The summed E-state index contributed by atoms with van der Waals surface area (Å²) in [5.41, 5.74) is 0. The van der Waals surface area contributed by atoms with Crippen LogP contribution in [0.2, 0.25) is 0 Å². The third-order valence-electron chi connectivity index (χ3n) is 9.55. The van der Waals surface area contributed by atoms with Gasteiger partial charge in [0.25, 0.3) is 0 Å². The Morgan fingerprint density at radius 3 is 1.24 bits per heavy atom. The van der Waals surface area contributed by atoms with Gasteiger partial charge in [-0.1, -0.05) is 178 Å². The minimum Gasteiger partial charge on any atom is -0.481 e. The Balaban J connectivity index is 3.76. The molecule has 0 rings (SSSR count). The first-order valence-electron chi connectivity index (χ1n) is 21.6. The molecule has 0 radical (unpaired) electrons. The Labute approximate surface area is 311 Å². The Morgan fingerprint density at radius 2 is 0.780 bits per heavy atom. The lowest BCUT2D eigenvalue weighted by Crippen LogP contribution is -2.18. The number of allylic oxidation sites excluding steroid dienone is 8. The largest absolute Gasteiger partial charge is 0.481 e. The highest BCUT2D eigenvalue weighted by Crippen LogP contribution is 2.18. The lowest BCUT2D eigenvalue weighted by atomic mass is 10.0. The van der Waals surface area contributed by atoms with E-state index in [1.54, 1.807) is 0 Å². The van der Waals surface area contributed by atoms with Crippen LogP contribution in [0.4, 0.5) is 0 Å². The van der Waals surface area contributed by atoms with Gasteiger partial charge in [0.15, 0.2) is 0 Å². The van der Waals surface area contributed by atoms with E-state index in [4.69, 9.17) is 9.84 Å². The maximum Gasteiger partial charge on any atom is 0.306 e. The van der Waals surface area contributed by atoms with Gasteiger partial charge in [0.1, 0.15) is 6.10 Å². The highest BCUT2D eigenvalue weighted by atomic mass is 16.5. The van der Waals surface area contributed by atoms with Gasteiger partial charge in [-0.3, -0.25) is 9.59 Å². The number of rotatable bonds is 39. The Kier molecular flexibility index (Phi) is 39.6. The van der Waals surface area contributed by atoms with Gasteiger partial charge in [-0.25, -0.2) is 0 Å². The summed E-state index contributed by atoms with van der Waals surface area (Å²) in [5, 5.41) is 8.68. The van der Waals surface area contributed by atoms with E-state index in [9.17, 15) is 9.59 Å². The molecule has 0 fully saturated rings. The molecular formula is C46H82O4. The molecular weight excluding hydrogens is 617 g/mol. The molecule has 0 saturated heterocycles. The van der Waals surface area contributed by atoms with Gasteiger partial charge in [0, 0.05) is 12.8 Å². The fourth-order valence-electron chi connectivity index (χ4n) is 6.34. The van der Waals surface area contributed by atoms with Crippen molar-refractivity contribution in [1.82, 2.24) is 0 Å². The number of ether oxygens (including phenoxy) is 1. The van der Waals surface area contributed by atoms with Gasteiger partial charge in [-0.2, -0.15) is 0 Å². The van der Waals surface area contributed by atoms with Gasteiger partial charge >= 0.3 is 11.9 Å². The van der Waals surface area contributed by atoms with E-state index in [-0.39, 0.29) is 12.1 Å². The lowest BCUT2D eigenvalue weighted by molar-refractivity contribution is -0.150. The molecule has 0 aliphatic rings. The zero-order valence-electron chi connectivity index (χ0n) is 33.2. The molecule has 0 amide bonds. The molecule has 0 heterocycles. The molecule has 0 bridgehead atoms. The summed E-state index contributed by atoms with van der Waals surface area (Å²) in [4.78, 5) is 23.1. The average molecular weight is 699 g/mol. The second kappa shape index (κ2) is 41.3. The van der Waals surface area contributed by atoms with Crippen molar-refractivity contribution in [2.24, 2.45) is 0 Å². The second-order valence-electron chi connectivity index (χ2n) is 14.5. The first-order valence-corrected chi connectivity index (χ1v) is 21.6. The first kappa shape index (κ1) is 47.9. The standard InChI is InChI=1S/C46H82O4/c1-3-5-7-8-9-10-11-12-13-14-15-16-17-18-19-23-26-29-32-35-39-43-46(49)50-44(40-36-6-4-2)41-37-33-30-27-24-21-20-22-25-28-31-34-38-42-45(47)48/h9-10,12-13,15-16,18-19,44H,3-8,11,14,17,20-43H2,1-2H3,(H,47,48)/b10-9-,13-12-,16-15-,19-18-. The highest BCUT2D eigenvalue weighted by molar-refractivity contribution is 5.69. The zero-order chi connectivity index (χ0) is 36.4. The van der Waals surface area contributed by atoms with Crippen LogP contribution in [0, 0.1) is 0 Å². The molecule has 50 heavy (non-hydrogen) atoms. The summed E-state index contributed by atoms with van der Waals surface area (Å²) in [6.07, 6.45) is 56.0. The van der Waals surface area contributed by atoms with Crippen molar-refractivity contribution in [1.29, 1.82) is 0 Å². The van der Waals surface area contributed by atoms with Gasteiger partial charge in [-0.05, 0) is 83.5 Å². The molecule has 1 N–H and O–H groups in total. The predicted octanol–water partition coefficient (Wildman–Crippen LogP) is 15.1. The van der Waals surface area contributed by atoms with Gasteiger partial charge < -0.3 is 9.84 Å². The van der Waals surface area contributed by atoms with Crippen LogP contribution in [-0.4, -0.2) is 23.1 Å². The van der Waals surface area contributed by atoms with Crippen LogP contribution in [0.25, 0.3) is 0 Å². The van der Waals surface area contributed by atoms with Crippen molar-refractivity contribution in [2.75, 3.05) is 0 Å². The van der Waals surface area contributed by atoms with Crippen molar-refractivity contribution in [2.45, 2.75) is 232 Å². The SMILES string of the molecule is CCCCC/C=C\C/C=C\C/C=C\C/C=C\CCCCCCCC(=O)OC(CCCCC)CCCCCCCCCCCCCCCC(=O)O. The summed E-state index contributed by atoms with van der Waals surface area (Å²) in [7, 11) is 0. The lowest BCUT2D eigenvalue weighted by Gasteiger charge is -2.18. The van der Waals surface area contributed by atoms with Crippen LogP contribution in [0.3, 0.4) is 0 Å². The van der Waals surface area contributed by atoms with Gasteiger partial charge in [-0.15, -0.1) is 0 Å². The van der Waals surface area contributed by atoms with Crippen molar-refractivity contribution >= 4 is 11.9 Å². The summed E-state index contributed by atoms with van der Waals surface area (Å²) in [5.74, 6) is -0.648. The molecule has 4 heteroatoms. The Bertz CT molecular complexity index is 839.